The molecule has 1 N–H and O–H groups in total. The van der Waals surface area contributed by atoms with Crippen LogP contribution in [0.2, 0.25) is 0 Å². The number of H-pyrrole nitrogens is 1. The molecule has 2 atom stereocenters. The summed E-state index contributed by atoms with van der Waals surface area (Å²) in [7, 11) is 0. The molecule has 28 heavy (non-hydrogen) atoms. The first kappa shape index (κ1) is 19.9. The summed E-state index contributed by atoms with van der Waals surface area (Å²) >= 11 is 0. The van der Waals surface area contributed by atoms with Crippen LogP contribution in [0.25, 0.3) is 0 Å². The minimum atomic E-state index is 0.144. The van der Waals surface area contributed by atoms with Crippen molar-refractivity contribution in [2.24, 2.45) is 17.8 Å². The minimum Gasteiger partial charge on any atom is -0.376 e. The highest BCUT2D eigenvalue weighted by molar-refractivity contribution is 5.80. The highest BCUT2D eigenvalue weighted by Crippen LogP contribution is 2.37. The fourth-order valence-electron chi connectivity index (χ4n) is 5.42. The summed E-state index contributed by atoms with van der Waals surface area (Å²) in [6.45, 7) is 6.23. The van der Waals surface area contributed by atoms with Gasteiger partial charge in [0.15, 0.2) is 0 Å². The number of carbonyl (C=O) groups is 1. The van der Waals surface area contributed by atoms with E-state index in [0.717, 1.165) is 49.8 Å². The molecular formula is C23H37N3O2. The lowest BCUT2D eigenvalue weighted by Gasteiger charge is -2.44. The molecule has 0 aromatic carbocycles. The van der Waals surface area contributed by atoms with E-state index in [1.807, 2.05) is 6.20 Å². The van der Waals surface area contributed by atoms with Gasteiger partial charge >= 0.3 is 0 Å². The Morgan fingerprint density at radius 2 is 1.96 bits per heavy atom. The van der Waals surface area contributed by atoms with Gasteiger partial charge in [-0.3, -0.25) is 9.89 Å². The van der Waals surface area contributed by atoms with Crippen molar-refractivity contribution in [1.29, 1.82) is 0 Å². The molecule has 2 aliphatic carbocycles. The van der Waals surface area contributed by atoms with Gasteiger partial charge in [-0.05, 0) is 69.3 Å². The number of hydrogen-bond donors (Lipinski definition) is 1. The lowest BCUT2D eigenvalue weighted by Crippen LogP contribution is -2.53. The normalized spacial score (nSPS) is 31.8. The van der Waals surface area contributed by atoms with Crippen LogP contribution in [0.5, 0.6) is 0 Å². The Kier molecular flexibility index (Phi) is 6.39. The SMILES string of the molecule is CC(C)C1CCC(OCC2C(c3ccn[nH]3)CCCN2C(=O)C2CCC2)CC1. The average Bonchev–Trinajstić information content (AvgIpc) is 3.19. The van der Waals surface area contributed by atoms with Gasteiger partial charge in [0, 0.05) is 30.3 Å². The molecule has 3 aliphatic rings. The summed E-state index contributed by atoms with van der Waals surface area (Å²) in [6.07, 6.45) is 12.6. The van der Waals surface area contributed by atoms with Gasteiger partial charge in [0.05, 0.1) is 18.8 Å². The van der Waals surface area contributed by atoms with Gasteiger partial charge in [0.1, 0.15) is 0 Å². The highest BCUT2D eigenvalue weighted by Gasteiger charge is 2.40. The van der Waals surface area contributed by atoms with Gasteiger partial charge in [-0.15, -0.1) is 0 Å². The van der Waals surface area contributed by atoms with Gasteiger partial charge in [0.2, 0.25) is 5.91 Å². The molecule has 2 unspecified atom stereocenters. The number of piperidine rings is 1. The summed E-state index contributed by atoms with van der Waals surface area (Å²) in [5, 5.41) is 7.34. The topological polar surface area (TPSA) is 58.2 Å². The van der Waals surface area contributed by atoms with E-state index in [9.17, 15) is 4.79 Å². The van der Waals surface area contributed by atoms with Crippen LogP contribution in [0, 0.1) is 17.8 Å². The van der Waals surface area contributed by atoms with Crippen LogP contribution < -0.4 is 0 Å². The van der Waals surface area contributed by atoms with E-state index < -0.39 is 0 Å². The number of likely N-dealkylation sites (tertiary alicyclic amines) is 1. The van der Waals surface area contributed by atoms with Crippen molar-refractivity contribution in [3.63, 3.8) is 0 Å². The van der Waals surface area contributed by atoms with Crippen LogP contribution in [-0.2, 0) is 9.53 Å². The van der Waals surface area contributed by atoms with Gasteiger partial charge in [-0.25, -0.2) is 0 Å². The second kappa shape index (κ2) is 8.98. The maximum Gasteiger partial charge on any atom is 0.226 e. The van der Waals surface area contributed by atoms with Gasteiger partial charge in [-0.1, -0.05) is 20.3 Å². The van der Waals surface area contributed by atoms with Crippen molar-refractivity contribution < 1.29 is 9.53 Å². The number of aromatic amines is 1. The second-order valence-corrected chi connectivity index (χ2v) is 9.60. The Morgan fingerprint density at radius 1 is 1.18 bits per heavy atom. The molecule has 5 nitrogen and oxygen atoms in total. The van der Waals surface area contributed by atoms with E-state index in [1.165, 1.54) is 32.1 Å². The van der Waals surface area contributed by atoms with Crippen molar-refractivity contribution in [2.75, 3.05) is 13.2 Å². The lowest BCUT2D eigenvalue weighted by molar-refractivity contribution is -0.145. The fraction of sp³-hybridized carbons (Fsp3) is 0.826. The zero-order valence-corrected chi connectivity index (χ0v) is 17.6. The fourth-order valence-corrected chi connectivity index (χ4v) is 5.42. The third-order valence-corrected chi connectivity index (χ3v) is 7.60. The second-order valence-electron chi connectivity index (χ2n) is 9.60. The van der Waals surface area contributed by atoms with E-state index in [0.29, 0.717) is 24.5 Å². The summed E-state index contributed by atoms with van der Waals surface area (Å²) < 4.78 is 6.46. The van der Waals surface area contributed by atoms with Crippen LogP contribution in [-0.4, -0.2) is 46.3 Å². The van der Waals surface area contributed by atoms with Crippen LogP contribution >= 0.6 is 0 Å². The van der Waals surface area contributed by atoms with Crippen LogP contribution in [0.3, 0.4) is 0 Å². The van der Waals surface area contributed by atoms with Crippen LogP contribution in [0.15, 0.2) is 12.3 Å². The Hall–Kier alpha value is -1.36. The van der Waals surface area contributed by atoms with E-state index in [2.05, 4.69) is 35.0 Å². The zero-order valence-electron chi connectivity index (χ0n) is 17.6. The quantitative estimate of drug-likeness (QED) is 0.781. The van der Waals surface area contributed by atoms with Gasteiger partial charge < -0.3 is 9.64 Å². The lowest BCUT2D eigenvalue weighted by atomic mass is 9.80. The molecule has 1 aromatic heterocycles. The number of amides is 1. The number of nitrogens with one attached hydrogen (secondary N) is 1. The zero-order chi connectivity index (χ0) is 19.5. The highest BCUT2D eigenvalue weighted by atomic mass is 16.5. The molecule has 4 rings (SSSR count). The molecule has 0 spiro atoms. The molecular weight excluding hydrogens is 350 g/mol. The Bertz CT molecular complexity index is 618. The molecule has 1 saturated heterocycles. The maximum absolute atomic E-state index is 13.1. The number of rotatable bonds is 6. The summed E-state index contributed by atoms with van der Waals surface area (Å²) in [5.41, 5.74) is 1.16. The third kappa shape index (κ3) is 4.29. The first-order chi connectivity index (χ1) is 13.6. The molecule has 2 saturated carbocycles. The van der Waals surface area contributed by atoms with E-state index in [-0.39, 0.29) is 12.0 Å². The standard InChI is InChI=1S/C23H37N3O2/c1-16(2)17-8-10-19(11-9-17)28-15-22-20(21-12-13-24-25-21)7-4-14-26(22)23(27)18-5-3-6-18/h12-13,16-20,22H,3-11,14-15H2,1-2H3,(H,24,25). The largest absolute Gasteiger partial charge is 0.376 e. The molecule has 0 radical (unpaired) electrons. The van der Waals surface area contributed by atoms with Crippen molar-refractivity contribution in [1.82, 2.24) is 15.1 Å². The van der Waals surface area contributed by atoms with Gasteiger partial charge in [0.25, 0.3) is 0 Å². The van der Waals surface area contributed by atoms with Crippen LogP contribution in [0.1, 0.15) is 83.2 Å². The monoisotopic (exact) mass is 387 g/mol. The summed E-state index contributed by atoms with van der Waals surface area (Å²) in [5.74, 6) is 2.56. The number of aromatic nitrogens is 2. The van der Waals surface area contributed by atoms with Crippen molar-refractivity contribution >= 4 is 5.91 Å². The number of nitrogens with zero attached hydrogens (tertiary/aromatic N) is 2. The molecule has 1 aliphatic heterocycles. The average molecular weight is 388 g/mol. The molecule has 1 aromatic rings. The number of ether oxygens (including phenoxy) is 1. The van der Waals surface area contributed by atoms with E-state index >= 15 is 0 Å². The Morgan fingerprint density at radius 3 is 2.57 bits per heavy atom. The maximum atomic E-state index is 13.1. The Balaban J connectivity index is 1.42. The molecule has 5 heteroatoms. The molecule has 2 heterocycles. The van der Waals surface area contributed by atoms with Crippen molar-refractivity contribution in [2.45, 2.75) is 89.7 Å². The van der Waals surface area contributed by atoms with Crippen molar-refractivity contribution in [3.8, 4) is 0 Å². The Labute approximate surface area is 169 Å². The number of carbonyl (C=O) groups excluding carboxylic acids is 1. The molecule has 0 bridgehead atoms. The summed E-state index contributed by atoms with van der Waals surface area (Å²) in [6, 6.07) is 2.22. The predicted octanol–water partition coefficient (Wildman–Crippen LogP) is 4.52. The molecule has 1 amide bonds. The van der Waals surface area contributed by atoms with E-state index in [4.69, 9.17) is 4.74 Å². The third-order valence-electron chi connectivity index (χ3n) is 7.60. The van der Waals surface area contributed by atoms with E-state index in [1.54, 1.807) is 0 Å². The first-order valence-electron chi connectivity index (χ1n) is 11.5. The molecule has 156 valence electrons. The number of hydrogen-bond acceptors (Lipinski definition) is 3. The van der Waals surface area contributed by atoms with Crippen LogP contribution in [0.4, 0.5) is 0 Å². The van der Waals surface area contributed by atoms with Crippen molar-refractivity contribution in [3.05, 3.63) is 18.0 Å². The van der Waals surface area contributed by atoms with Gasteiger partial charge in [-0.2, -0.15) is 5.10 Å². The minimum absolute atomic E-state index is 0.144. The predicted molar refractivity (Wildman–Crippen MR) is 110 cm³/mol. The molecule has 3 fully saturated rings. The smallest absolute Gasteiger partial charge is 0.226 e. The summed E-state index contributed by atoms with van der Waals surface area (Å²) in [4.78, 5) is 15.3. The first-order valence-corrected chi connectivity index (χ1v) is 11.5.